The number of aromatic nitrogens is 1. The highest BCUT2D eigenvalue weighted by atomic mass is 32.1. The molecule has 2 N–H and O–H groups in total. The van der Waals surface area contributed by atoms with Crippen molar-refractivity contribution in [1.82, 2.24) is 10.3 Å². The Morgan fingerprint density at radius 1 is 1.06 bits per heavy atom. The van der Waals surface area contributed by atoms with Gasteiger partial charge in [0, 0.05) is 16.5 Å². The van der Waals surface area contributed by atoms with E-state index < -0.39 is 6.04 Å². The van der Waals surface area contributed by atoms with Crippen LogP contribution in [0.2, 0.25) is 0 Å². The van der Waals surface area contributed by atoms with Gasteiger partial charge in [-0.25, -0.2) is 4.98 Å². The molecule has 0 saturated heterocycles. The Balaban J connectivity index is 1.45. The Morgan fingerprint density at radius 3 is 2.59 bits per heavy atom. The highest BCUT2D eigenvalue weighted by Gasteiger charge is 2.25. The Bertz CT molecular complexity index is 1140. The van der Waals surface area contributed by atoms with Gasteiger partial charge >= 0.3 is 0 Å². The van der Waals surface area contributed by atoms with Gasteiger partial charge in [-0.15, -0.1) is 11.3 Å². The fourth-order valence-corrected chi connectivity index (χ4v) is 4.12. The number of nitrogens with zero attached hydrogens (tertiary/aromatic N) is 1. The summed E-state index contributed by atoms with van der Waals surface area (Å²) in [7, 11) is 0. The highest BCUT2D eigenvalue weighted by molar-refractivity contribution is 7.14. The third-order valence-corrected chi connectivity index (χ3v) is 5.85. The SMILES string of the molecule is Cc1cccc(C(=O)NC(C(=O)Nc2nc(-c3ccc4c(c3)OCCO4)cs2)C(C)C)c1. The number of carbonyl (C=O) groups is 2. The first-order valence-electron chi connectivity index (χ1n) is 10.4. The zero-order chi connectivity index (χ0) is 22.7. The van der Waals surface area contributed by atoms with Crippen molar-refractivity contribution >= 4 is 28.3 Å². The summed E-state index contributed by atoms with van der Waals surface area (Å²) in [4.78, 5) is 30.1. The van der Waals surface area contributed by atoms with Gasteiger partial charge in [0.05, 0.1) is 5.69 Å². The van der Waals surface area contributed by atoms with Crippen molar-refractivity contribution in [1.29, 1.82) is 0 Å². The van der Waals surface area contributed by atoms with E-state index in [1.807, 2.05) is 56.5 Å². The number of carbonyl (C=O) groups excluding carboxylic acids is 2. The number of rotatable bonds is 6. The first kappa shape index (κ1) is 21.8. The molecule has 0 saturated carbocycles. The number of thiazole rings is 1. The van der Waals surface area contributed by atoms with Crippen LogP contribution < -0.4 is 20.1 Å². The number of amides is 2. The number of nitrogens with one attached hydrogen (secondary N) is 2. The molecule has 166 valence electrons. The summed E-state index contributed by atoms with van der Waals surface area (Å²) in [6.07, 6.45) is 0. The predicted octanol–water partition coefficient (Wildman–Crippen LogP) is 4.28. The summed E-state index contributed by atoms with van der Waals surface area (Å²) in [5.74, 6) is 0.725. The van der Waals surface area contributed by atoms with Crippen LogP contribution in [-0.2, 0) is 4.79 Å². The Morgan fingerprint density at radius 2 is 1.84 bits per heavy atom. The van der Waals surface area contributed by atoms with E-state index in [1.54, 1.807) is 12.1 Å². The molecule has 4 rings (SSSR count). The van der Waals surface area contributed by atoms with Crippen LogP contribution in [-0.4, -0.2) is 36.1 Å². The van der Waals surface area contributed by atoms with Gasteiger partial charge in [0.25, 0.3) is 5.91 Å². The first-order valence-corrected chi connectivity index (χ1v) is 11.3. The van der Waals surface area contributed by atoms with Crippen LogP contribution in [0.15, 0.2) is 47.8 Å². The van der Waals surface area contributed by atoms with Crippen LogP contribution in [0, 0.1) is 12.8 Å². The standard InChI is InChI=1S/C24H25N3O4S/c1-14(2)21(26-22(28)17-6-4-5-15(3)11-17)23(29)27-24-25-18(13-32-24)16-7-8-19-20(12-16)31-10-9-30-19/h4-8,11-14,21H,9-10H2,1-3H3,(H,26,28)(H,25,27,29). The molecule has 7 nitrogen and oxygen atoms in total. The second kappa shape index (κ2) is 9.40. The molecule has 3 aromatic rings. The number of ether oxygens (including phenoxy) is 2. The van der Waals surface area contributed by atoms with Crippen molar-refractivity contribution in [2.75, 3.05) is 18.5 Å². The molecule has 0 aliphatic carbocycles. The van der Waals surface area contributed by atoms with E-state index in [-0.39, 0.29) is 17.7 Å². The molecule has 1 aliphatic rings. The summed E-state index contributed by atoms with van der Waals surface area (Å²) in [5, 5.41) is 8.03. The maximum Gasteiger partial charge on any atom is 0.251 e. The second-order valence-corrected chi connectivity index (χ2v) is 8.81. The molecular weight excluding hydrogens is 426 g/mol. The van der Waals surface area contributed by atoms with Gasteiger partial charge in [-0.3, -0.25) is 9.59 Å². The van der Waals surface area contributed by atoms with E-state index in [2.05, 4.69) is 15.6 Å². The highest BCUT2D eigenvalue weighted by Crippen LogP contribution is 2.35. The minimum absolute atomic E-state index is 0.0963. The number of anilines is 1. The fourth-order valence-electron chi connectivity index (χ4n) is 3.40. The molecule has 1 atom stereocenters. The van der Waals surface area contributed by atoms with Crippen LogP contribution in [0.5, 0.6) is 11.5 Å². The lowest BCUT2D eigenvalue weighted by Gasteiger charge is -2.21. The molecular formula is C24H25N3O4S. The summed E-state index contributed by atoms with van der Waals surface area (Å²) >= 11 is 1.33. The molecule has 1 aromatic heterocycles. The zero-order valence-electron chi connectivity index (χ0n) is 18.2. The van der Waals surface area contributed by atoms with Crippen molar-refractivity contribution in [3.05, 3.63) is 59.0 Å². The maximum absolute atomic E-state index is 12.9. The monoisotopic (exact) mass is 451 g/mol. The summed E-state index contributed by atoms with van der Waals surface area (Å²) < 4.78 is 11.2. The van der Waals surface area contributed by atoms with E-state index >= 15 is 0 Å². The van der Waals surface area contributed by atoms with Gasteiger partial charge in [-0.05, 0) is 43.2 Å². The third-order valence-electron chi connectivity index (χ3n) is 5.09. The third kappa shape index (κ3) is 4.91. The van der Waals surface area contributed by atoms with Gasteiger partial charge in [0.1, 0.15) is 19.3 Å². The van der Waals surface area contributed by atoms with Gasteiger partial charge in [0.2, 0.25) is 5.91 Å². The number of benzene rings is 2. The van der Waals surface area contributed by atoms with Crippen molar-refractivity contribution in [3.8, 4) is 22.8 Å². The molecule has 32 heavy (non-hydrogen) atoms. The van der Waals surface area contributed by atoms with Crippen LogP contribution >= 0.6 is 11.3 Å². The van der Waals surface area contributed by atoms with E-state index in [4.69, 9.17) is 9.47 Å². The van der Waals surface area contributed by atoms with Crippen molar-refractivity contribution in [2.24, 2.45) is 5.92 Å². The Hall–Kier alpha value is -3.39. The minimum Gasteiger partial charge on any atom is -0.486 e. The molecule has 8 heteroatoms. The zero-order valence-corrected chi connectivity index (χ0v) is 19.0. The van der Waals surface area contributed by atoms with Gasteiger partial charge in [0.15, 0.2) is 16.6 Å². The summed E-state index contributed by atoms with van der Waals surface area (Å²) in [5.41, 5.74) is 3.11. The number of aryl methyl sites for hydroxylation is 1. The van der Waals surface area contributed by atoms with Gasteiger partial charge in [-0.1, -0.05) is 31.5 Å². The van der Waals surface area contributed by atoms with Crippen LogP contribution in [0.3, 0.4) is 0 Å². The average Bonchev–Trinajstić information content (AvgIpc) is 3.25. The minimum atomic E-state index is -0.690. The normalized spacial score (nSPS) is 13.5. The fraction of sp³-hybridized carbons (Fsp3) is 0.292. The Labute approximate surface area is 190 Å². The Kier molecular flexibility index (Phi) is 6.41. The smallest absolute Gasteiger partial charge is 0.251 e. The topological polar surface area (TPSA) is 89.6 Å². The van der Waals surface area contributed by atoms with Gasteiger partial charge < -0.3 is 20.1 Å². The average molecular weight is 452 g/mol. The molecule has 0 radical (unpaired) electrons. The van der Waals surface area contributed by atoms with Crippen LogP contribution in [0.25, 0.3) is 11.3 Å². The maximum atomic E-state index is 12.9. The molecule has 2 aromatic carbocycles. The number of hydrogen-bond acceptors (Lipinski definition) is 6. The van der Waals surface area contributed by atoms with Crippen LogP contribution in [0.4, 0.5) is 5.13 Å². The summed E-state index contributed by atoms with van der Waals surface area (Å²) in [6, 6.07) is 12.2. The molecule has 1 aliphatic heterocycles. The van der Waals surface area contributed by atoms with E-state index in [0.717, 1.165) is 16.8 Å². The lowest BCUT2D eigenvalue weighted by atomic mass is 10.0. The quantitative estimate of drug-likeness (QED) is 0.584. The van der Waals surface area contributed by atoms with E-state index in [9.17, 15) is 9.59 Å². The molecule has 2 amide bonds. The molecule has 2 heterocycles. The van der Waals surface area contributed by atoms with Crippen molar-refractivity contribution < 1.29 is 19.1 Å². The largest absolute Gasteiger partial charge is 0.486 e. The first-order chi connectivity index (χ1) is 15.4. The molecule has 0 fully saturated rings. The van der Waals surface area contributed by atoms with Crippen molar-refractivity contribution in [2.45, 2.75) is 26.8 Å². The predicted molar refractivity (Wildman–Crippen MR) is 124 cm³/mol. The van der Waals surface area contributed by atoms with Crippen molar-refractivity contribution in [3.63, 3.8) is 0 Å². The number of fused-ring (bicyclic) bond motifs is 1. The van der Waals surface area contributed by atoms with E-state index in [1.165, 1.54) is 11.3 Å². The summed E-state index contributed by atoms with van der Waals surface area (Å²) in [6.45, 7) is 6.76. The molecule has 0 spiro atoms. The lowest BCUT2D eigenvalue weighted by Crippen LogP contribution is -2.47. The van der Waals surface area contributed by atoms with Crippen LogP contribution in [0.1, 0.15) is 29.8 Å². The second-order valence-electron chi connectivity index (χ2n) is 7.95. The van der Waals surface area contributed by atoms with E-state index in [0.29, 0.717) is 35.4 Å². The lowest BCUT2D eigenvalue weighted by molar-refractivity contribution is -0.118. The number of hydrogen-bond donors (Lipinski definition) is 2. The molecule has 0 bridgehead atoms. The van der Waals surface area contributed by atoms with Gasteiger partial charge in [-0.2, -0.15) is 0 Å². The molecule has 1 unspecified atom stereocenters.